The van der Waals surface area contributed by atoms with Crippen molar-refractivity contribution in [3.63, 3.8) is 0 Å². The molecule has 0 saturated carbocycles. The Kier molecular flexibility index (Phi) is 5.57. The Morgan fingerprint density at radius 2 is 1.75 bits per heavy atom. The van der Waals surface area contributed by atoms with E-state index in [1.165, 1.54) is 16.3 Å². The molecule has 2 aromatic carbocycles. The highest BCUT2D eigenvalue weighted by Gasteiger charge is 2.08. The third-order valence-electron chi connectivity index (χ3n) is 3.51. The van der Waals surface area contributed by atoms with Crippen molar-refractivity contribution >= 4 is 10.8 Å². The normalized spacial score (nSPS) is 13.0. The zero-order chi connectivity index (χ0) is 14.4. The summed E-state index contributed by atoms with van der Waals surface area (Å²) >= 11 is 0. The third kappa shape index (κ3) is 4.06. The Hall–Kier alpha value is -1.38. The van der Waals surface area contributed by atoms with Crippen LogP contribution in [0.2, 0.25) is 0 Å². The summed E-state index contributed by atoms with van der Waals surface area (Å²) in [6.07, 6.45) is 1.37. The van der Waals surface area contributed by atoms with E-state index >= 15 is 0 Å². The maximum atomic E-state index is 5.56. The second-order valence-corrected chi connectivity index (χ2v) is 5.52. The topological polar surface area (TPSA) is 21.3 Å². The minimum atomic E-state index is 0.325. The van der Waals surface area contributed by atoms with Gasteiger partial charge in [-0.05, 0) is 50.1 Å². The van der Waals surface area contributed by atoms with Crippen LogP contribution in [0.1, 0.15) is 38.8 Å². The minimum Gasteiger partial charge on any atom is -0.379 e. The van der Waals surface area contributed by atoms with Crippen LogP contribution in [0.5, 0.6) is 0 Å². The van der Waals surface area contributed by atoms with E-state index in [-0.39, 0.29) is 0 Å². The molecule has 2 heteroatoms. The van der Waals surface area contributed by atoms with Crippen molar-refractivity contribution in [2.45, 2.75) is 39.3 Å². The van der Waals surface area contributed by atoms with Gasteiger partial charge in [0, 0.05) is 12.6 Å². The number of rotatable bonds is 7. The van der Waals surface area contributed by atoms with Gasteiger partial charge in [0.2, 0.25) is 0 Å². The molecule has 0 radical (unpaired) electrons. The van der Waals surface area contributed by atoms with Gasteiger partial charge in [-0.1, -0.05) is 42.5 Å². The zero-order valence-electron chi connectivity index (χ0n) is 12.7. The van der Waals surface area contributed by atoms with Crippen molar-refractivity contribution in [3.05, 3.63) is 48.0 Å². The van der Waals surface area contributed by atoms with E-state index in [4.69, 9.17) is 4.74 Å². The van der Waals surface area contributed by atoms with Crippen LogP contribution < -0.4 is 5.32 Å². The fourth-order valence-electron chi connectivity index (χ4n) is 2.45. The summed E-state index contributed by atoms with van der Waals surface area (Å²) in [5.41, 5.74) is 1.37. The highest BCUT2D eigenvalue weighted by molar-refractivity contribution is 5.86. The monoisotopic (exact) mass is 271 g/mol. The SMILES string of the molecule is CC(C)OCCCNC(C)c1cccc2ccccc12. The molecule has 108 valence electrons. The summed E-state index contributed by atoms with van der Waals surface area (Å²) in [6.45, 7) is 8.19. The Balaban J connectivity index is 1.92. The lowest BCUT2D eigenvalue weighted by atomic mass is 10.00. The fourth-order valence-corrected chi connectivity index (χ4v) is 2.45. The molecule has 0 heterocycles. The molecule has 20 heavy (non-hydrogen) atoms. The van der Waals surface area contributed by atoms with E-state index in [1.54, 1.807) is 0 Å². The van der Waals surface area contributed by atoms with Crippen molar-refractivity contribution in [1.29, 1.82) is 0 Å². The van der Waals surface area contributed by atoms with Gasteiger partial charge in [-0.15, -0.1) is 0 Å². The highest BCUT2D eigenvalue weighted by atomic mass is 16.5. The van der Waals surface area contributed by atoms with Crippen LogP contribution in [0.4, 0.5) is 0 Å². The molecule has 2 aromatic rings. The molecule has 0 bridgehead atoms. The zero-order valence-corrected chi connectivity index (χ0v) is 12.7. The third-order valence-corrected chi connectivity index (χ3v) is 3.51. The lowest BCUT2D eigenvalue weighted by Crippen LogP contribution is -2.21. The second kappa shape index (κ2) is 7.41. The van der Waals surface area contributed by atoms with Gasteiger partial charge in [0.1, 0.15) is 0 Å². The molecule has 0 saturated heterocycles. The van der Waals surface area contributed by atoms with Gasteiger partial charge in [-0.3, -0.25) is 0 Å². The van der Waals surface area contributed by atoms with Crippen molar-refractivity contribution < 1.29 is 4.74 Å². The smallest absolute Gasteiger partial charge is 0.0518 e. The standard InChI is InChI=1S/C18H25NO/c1-14(2)20-13-7-12-19-15(3)17-11-6-9-16-8-4-5-10-18(16)17/h4-6,8-11,14-15,19H,7,12-13H2,1-3H3. The predicted octanol–water partition coefficient (Wildman–Crippen LogP) is 4.31. The van der Waals surface area contributed by atoms with Crippen LogP contribution in [0.15, 0.2) is 42.5 Å². The first-order valence-electron chi connectivity index (χ1n) is 7.51. The maximum absolute atomic E-state index is 5.56. The first-order chi connectivity index (χ1) is 9.68. The van der Waals surface area contributed by atoms with Crippen LogP contribution in [-0.4, -0.2) is 19.3 Å². The average molecular weight is 271 g/mol. The Bertz CT molecular complexity index is 530. The molecular formula is C18H25NO. The van der Waals surface area contributed by atoms with Crippen LogP contribution in [-0.2, 0) is 4.74 Å². The van der Waals surface area contributed by atoms with E-state index in [0.29, 0.717) is 12.1 Å². The van der Waals surface area contributed by atoms with Crippen LogP contribution in [0.25, 0.3) is 10.8 Å². The second-order valence-electron chi connectivity index (χ2n) is 5.52. The van der Waals surface area contributed by atoms with E-state index in [0.717, 1.165) is 19.6 Å². The van der Waals surface area contributed by atoms with E-state index in [9.17, 15) is 0 Å². The largest absolute Gasteiger partial charge is 0.379 e. The quantitative estimate of drug-likeness (QED) is 0.758. The summed E-state index contributed by atoms with van der Waals surface area (Å²) in [7, 11) is 0. The molecule has 1 N–H and O–H groups in total. The fraction of sp³-hybridized carbons (Fsp3) is 0.444. The molecular weight excluding hydrogens is 246 g/mol. The van der Waals surface area contributed by atoms with Gasteiger partial charge in [-0.25, -0.2) is 0 Å². The number of fused-ring (bicyclic) bond motifs is 1. The molecule has 1 unspecified atom stereocenters. The van der Waals surface area contributed by atoms with E-state index in [2.05, 4.69) is 68.6 Å². The molecule has 0 spiro atoms. The van der Waals surface area contributed by atoms with Gasteiger partial charge in [-0.2, -0.15) is 0 Å². The molecule has 0 amide bonds. The van der Waals surface area contributed by atoms with Crippen molar-refractivity contribution in [2.75, 3.05) is 13.2 Å². The van der Waals surface area contributed by atoms with Crippen molar-refractivity contribution in [3.8, 4) is 0 Å². The molecule has 0 aliphatic rings. The molecule has 2 nitrogen and oxygen atoms in total. The summed E-state index contributed by atoms with van der Waals surface area (Å²) in [6, 6.07) is 15.4. The van der Waals surface area contributed by atoms with Gasteiger partial charge < -0.3 is 10.1 Å². The molecule has 0 aliphatic carbocycles. The number of benzene rings is 2. The van der Waals surface area contributed by atoms with Crippen LogP contribution >= 0.6 is 0 Å². The number of ether oxygens (including phenoxy) is 1. The summed E-state index contributed by atoms with van der Waals surface area (Å²) in [5, 5.41) is 6.23. The molecule has 0 fully saturated rings. The average Bonchev–Trinajstić information content (AvgIpc) is 2.45. The lowest BCUT2D eigenvalue weighted by Gasteiger charge is -2.17. The Morgan fingerprint density at radius 1 is 1.00 bits per heavy atom. The summed E-state index contributed by atoms with van der Waals surface area (Å²) < 4.78 is 5.56. The summed E-state index contributed by atoms with van der Waals surface area (Å²) in [4.78, 5) is 0. The van der Waals surface area contributed by atoms with E-state index in [1.807, 2.05) is 0 Å². The van der Waals surface area contributed by atoms with Gasteiger partial charge in [0.25, 0.3) is 0 Å². The number of hydrogen-bond acceptors (Lipinski definition) is 2. The number of nitrogens with one attached hydrogen (secondary N) is 1. The maximum Gasteiger partial charge on any atom is 0.0518 e. The Labute approximate surface area is 122 Å². The highest BCUT2D eigenvalue weighted by Crippen LogP contribution is 2.23. The van der Waals surface area contributed by atoms with Crippen LogP contribution in [0, 0.1) is 0 Å². The molecule has 1 atom stereocenters. The van der Waals surface area contributed by atoms with Crippen LogP contribution in [0.3, 0.4) is 0 Å². The number of hydrogen-bond donors (Lipinski definition) is 1. The van der Waals surface area contributed by atoms with Crippen molar-refractivity contribution in [2.24, 2.45) is 0 Å². The lowest BCUT2D eigenvalue weighted by molar-refractivity contribution is 0.0768. The first-order valence-corrected chi connectivity index (χ1v) is 7.51. The molecule has 0 aromatic heterocycles. The predicted molar refractivity (Wildman–Crippen MR) is 86.1 cm³/mol. The van der Waals surface area contributed by atoms with E-state index < -0.39 is 0 Å². The van der Waals surface area contributed by atoms with Gasteiger partial charge in [0.05, 0.1) is 6.10 Å². The van der Waals surface area contributed by atoms with Crippen molar-refractivity contribution in [1.82, 2.24) is 5.32 Å². The van der Waals surface area contributed by atoms with Gasteiger partial charge >= 0.3 is 0 Å². The Morgan fingerprint density at radius 3 is 2.55 bits per heavy atom. The van der Waals surface area contributed by atoms with Gasteiger partial charge in [0.15, 0.2) is 0 Å². The minimum absolute atomic E-state index is 0.325. The molecule has 0 aliphatic heterocycles. The summed E-state index contributed by atoms with van der Waals surface area (Å²) in [5.74, 6) is 0. The molecule has 2 rings (SSSR count). The first kappa shape index (κ1) is 15.0.